The minimum Gasteiger partial charge on any atom is -0.493 e. The molecule has 27 heavy (non-hydrogen) atoms. The number of methoxy groups -OCH3 is 1. The molecule has 138 valence electrons. The summed E-state index contributed by atoms with van der Waals surface area (Å²) in [7, 11) is 1.50. The summed E-state index contributed by atoms with van der Waals surface area (Å²) in [5.74, 6) is 0.298. The van der Waals surface area contributed by atoms with Crippen molar-refractivity contribution >= 4 is 40.6 Å². The second-order valence-electron chi connectivity index (χ2n) is 6.71. The molecular formula is C19H16IN3O4. The molecule has 0 spiro atoms. The summed E-state index contributed by atoms with van der Waals surface area (Å²) in [6.45, 7) is -0.0876. The highest BCUT2D eigenvalue weighted by Gasteiger charge is 2.59. The third-order valence-electron chi connectivity index (χ3n) is 5.30. The number of hydrazone groups is 1. The molecule has 1 aliphatic heterocycles. The van der Waals surface area contributed by atoms with E-state index in [0.29, 0.717) is 17.1 Å². The fourth-order valence-corrected chi connectivity index (χ4v) is 4.96. The Labute approximate surface area is 169 Å². The zero-order valence-corrected chi connectivity index (χ0v) is 16.6. The third kappa shape index (κ3) is 2.90. The Hall–Kier alpha value is -2.41. The zero-order chi connectivity index (χ0) is 19.1. The van der Waals surface area contributed by atoms with Crippen LogP contribution >= 0.6 is 22.6 Å². The monoisotopic (exact) mass is 477 g/mol. The molecule has 1 saturated heterocycles. The molecule has 3 aliphatic rings. The van der Waals surface area contributed by atoms with Gasteiger partial charge in [-0.1, -0.05) is 12.2 Å². The molecule has 2 fully saturated rings. The molecule has 4 atom stereocenters. The molecular weight excluding hydrogens is 461 g/mol. The Morgan fingerprint density at radius 2 is 1.96 bits per heavy atom. The summed E-state index contributed by atoms with van der Waals surface area (Å²) >= 11 is 2.07. The molecule has 4 rings (SSSR count). The number of nitrogens with zero attached hydrogens (tertiary/aromatic N) is 3. The van der Waals surface area contributed by atoms with Crippen LogP contribution in [0.1, 0.15) is 12.0 Å². The number of ether oxygens (including phenoxy) is 2. The van der Waals surface area contributed by atoms with Crippen LogP contribution in [0.3, 0.4) is 0 Å². The first-order chi connectivity index (χ1) is 13.0. The SMILES string of the molecule is COc1cc(C=NN2C(=O)C3C4C=CC(C4)C3C2=O)cc(I)c1OCC#N. The van der Waals surface area contributed by atoms with Gasteiger partial charge in [0, 0.05) is 0 Å². The first-order valence-electron chi connectivity index (χ1n) is 8.52. The molecule has 1 heterocycles. The highest BCUT2D eigenvalue weighted by atomic mass is 127. The third-order valence-corrected chi connectivity index (χ3v) is 6.10. The number of carbonyl (C=O) groups excluding carboxylic acids is 2. The van der Waals surface area contributed by atoms with E-state index >= 15 is 0 Å². The lowest BCUT2D eigenvalue weighted by Crippen LogP contribution is -2.28. The number of hydrogen-bond acceptors (Lipinski definition) is 6. The van der Waals surface area contributed by atoms with Crippen molar-refractivity contribution in [3.63, 3.8) is 0 Å². The van der Waals surface area contributed by atoms with Crippen LogP contribution in [-0.4, -0.2) is 36.8 Å². The number of benzene rings is 1. The first-order valence-corrected chi connectivity index (χ1v) is 9.60. The van der Waals surface area contributed by atoms with Gasteiger partial charge in [-0.25, -0.2) is 0 Å². The van der Waals surface area contributed by atoms with Crippen molar-refractivity contribution in [1.82, 2.24) is 5.01 Å². The van der Waals surface area contributed by atoms with Crippen molar-refractivity contribution in [2.24, 2.45) is 28.8 Å². The van der Waals surface area contributed by atoms with Crippen LogP contribution in [0.15, 0.2) is 29.4 Å². The topological polar surface area (TPSA) is 92.0 Å². The molecule has 2 amide bonds. The zero-order valence-electron chi connectivity index (χ0n) is 14.5. The van der Waals surface area contributed by atoms with Gasteiger partial charge in [0.2, 0.25) is 0 Å². The number of hydrogen-bond donors (Lipinski definition) is 0. The standard InChI is InChI=1S/C19H16IN3O4/c1-26-14-7-10(6-13(20)17(14)27-5-4-21)9-22-23-18(24)15-11-2-3-12(8-11)16(15)19(23)25/h2-3,6-7,9,11-12,15-16H,5,8H2,1H3. The number of amides is 2. The summed E-state index contributed by atoms with van der Waals surface area (Å²) in [5, 5.41) is 13.9. The van der Waals surface area contributed by atoms with Crippen molar-refractivity contribution in [3.05, 3.63) is 33.4 Å². The predicted molar refractivity (Wildman–Crippen MR) is 104 cm³/mol. The first kappa shape index (κ1) is 18.0. The predicted octanol–water partition coefficient (Wildman–Crippen LogP) is 2.34. The maximum atomic E-state index is 12.7. The summed E-state index contributed by atoms with van der Waals surface area (Å²) < 4.78 is 11.4. The van der Waals surface area contributed by atoms with Gasteiger partial charge in [-0.15, -0.1) is 0 Å². The Morgan fingerprint density at radius 3 is 2.56 bits per heavy atom. The summed E-state index contributed by atoms with van der Waals surface area (Å²) in [6.07, 6.45) is 6.48. The van der Waals surface area contributed by atoms with E-state index in [4.69, 9.17) is 14.7 Å². The van der Waals surface area contributed by atoms with E-state index in [1.807, 2.05) is 6.07 Å². The minimum absolute atomic E-state index is 0.0876. The Morgan fingerprint density at radius 1 is 1.30 bits per heavy atom. The smallest absolute Gasteiger partial charge is 0.254 e. The summed E-state index contributed by atoms with van der Waals surface area (Å²) in [5.41, 5.74) is 0.666. The van der Waals surface area contributed by atoms with Gasteiger partial charge in [-0.05, 0) is 58.5 Å². The molecule has 1 aromatic rings. The van der Waals surface area contributed by atoms with Gasteiger partial charge in [0.25, 0.3) is 11.8 Å². The fraction of sp³-hybridized carbons (Fsp3) is 0.368. The normalized spacial score (nSPS) is 28.1. The van der Waals surface area contributed by atoms with Crippen LogP contribution in [0.25, 0.3) is 0 Å². The average Bonchev–Trinajstić information content (AvgIpc) is 3.33. The van der Waals surface area contributed by atoms with Crippen LogP contribution in [0.2, 0.25) is 0 Å². The van der Waals surface area contributed by atoms with E-state index in [2.05, 4.69) is 39.8 Å². The molecule has 2 bridgehead atoms. The van der Waals surface area contributed by atoms with Crippen molar-refractivity contribution in [1.29, 1.82) is 5.26 Å². The quantitative estimate of drug-likeness (QED) is 0.281. The second-order valence-corrected chi connectivity index (χ2v) is 7.88. The van der Waals surface area contributed by atoms with Crippen LogP contribution in [-0.2, 0) is 9.59 Å². The van der Waals surface area contributed by atoms with Crippen LogP contribution in [0, 0.1) is 38.6 Å². The van der Waals surface area contributed by atoms with Gasteiger partial charge in [0.05, 0.1) is 28.7 Å². The number of fused-ring (bicyclic) bond motifs is 5. The lowest BCUT2D eigenvalue weighted by molar-refractivity contribution is -0.140. The number of imide groups is 1. The van der Waals surface area contributed by atoms with Gasteiger partial charge >= 0.3 is 0 Å². The molecule has 0 aromatic heterocycles. The molecule has 8 heteroatoms. The molecule has 7 nitrogen and oxygen atoms in total. The van der Waals surface area contributed by atoms with Crippen molar-refractivity contribution < 1.29 is 19.1 Å². The Kier molecular flexibility index (Phi) is 4.63. The summed E-state index contributed by atoms with van der Waals surface area (Å²) in [6, 6.07) is 5.40. The van der Waals surface area contributed by atoms with E-state index in [-0.39, 0.29) is 42.1 Å². The number of rotatable bonds is 5. The maximum absolute atomic E-state index is 12.7. The molecule has 4 unspecified atom stereocenters. The lowest BCUT2D eigenvalue weighted by Gasteiger charge is -2.13. The van der Waals surface area contributed by atoms with Crippen LogP contribution in [0.5, 0.6) is 11.5 Å². The molecule has 0 radical (unpaired) electrons. The second kappa shape index (κ2) is 6.96. The van der Waals surface area contributed by atoms with E-state index < -0.39 is 0 Å². The van der Waals surface area contributed by atoms with Gasteiger partial charge in [0.15, 0.2) is 18.1 Å². The van der Waals surface area contributed by atoms with Crippen molar-refractivity contribution in [2.45, 2.75) is 6.42 Å². The highest BCUT2D eigenvalue weighted by Crippen LogP contribution is 2.52. The number of carbonyl (C=O) groups is 2. The van der Waals surface area contributed by atoms with Gasteiger partial charge in [-0.2, -0.15) is 15.4 Å². The Bertz CT molecular complexity index is 890. The average molecular weight is 477 g/mol. The molecule has 1 aromatic carbocycles. The minimum atomic E-state index is -0.263. The number of nitriles is 1. The van der Waals surface area contributed by atoms with E-state index in [0.717, 1.165) is 15.0 Å². The maximum Gasteiger partial charge on any atom is 0.254 e. The number of allylic oxidation sites excluding steroid dienone is 2. The largest absolute Gasteiger partial charge is 0.493 e. The van der Waals surface area contributed by atoms with Gasteiger partial charge in [-0.3, -0.25) is 9.59 Å². The van der Waals surface area contributed by atoms with Gasteiger partial charge in [0.1, 0.15) is 6.07 Å². The van der Waals surface area contributed by atoms with Crippen molar-refractivity contribution in [3.8, 4) is 17.6 Å². The van der Waals surface area contributed by atoms with Gasteiger partial charge < -0.3 is 9.47 Å². The summed E-state index contributed by atoms with van der Waals surface area (Å²) in [4.78, 5) is 25.3. The van der Waals surface area contributed by atoms with E-state index in [1.165, 1.54) is 13.3 Å². The molecule has 1 saturated carbocycles. The Balaban J connectivity index is 1.57. The molecule has 2 aliphatic carbocycles. The van der Waals surface area contributed by atoms with Crippen LogP contribution < -0.4 is 9.47 Å². The van der Waals surface area contributed by atoms with E-state index in [1.54, 1.807) is 12.1 Å². The lowest BCUT2D eigenvalue weighted by atomic mass is 9.85. The van der Waals surface area contributed by atoms with Crippen LogP contribution in [0.4, 0.5) is 0 Å². The fourth-order valence-electron chi connectivity index (χ4n) is 4.18. The van der Waals surface area contributed by atoms with Crippen molar-refractivity contribution in [2.75, 3.05) is 13.7 Å². The number of halogens is 1. The van der Waals surface area contributed by atoms with E-state index in [9.17, 15) is 9.59 Å². The molecule has 0 N–H and O–H groups in total. The highest BCUT2D eigenvalue weighted by molar-refractivity contribution is 14.1.